The summed E-state index contributed by atoms with van der Waals surface area (Å²) < 4.78 is 2.06. The minimum absolute atomic E-state index is 0.160. The number of likely N-dealkylation sites (tertiary alicyclic amines) is 2. The molecule has 0 aromatic carbocycles. The Morgan fingerprint density at radius 1 is 1.43 bits per heavy atom. The summed E-state index contributed by atoms with van der Waals surface area (Å²) in [5.41, 5.74) is -0.160. The lowest BCUT2D eigenvalue weighted by atomic mass is 9.78. The summed E-state index contributed by atoms with van der Waals surface area (Å²) in [5.74, 6) is 1.40. The second-order valence-corrected chi connectivity index (χ2v) is 6.34. The second kappa shape index (κ2) is 5.64. The van der Waals surface area contributed by atoms with Crippen molar-refractivity contribution in [2.24, 2.45) is 12.5 Å². The predicted octanol–water partition coefficient (Wildman–Crippen LogP) is 1.42. The number of amides is 1. The van der Waals surface area contributed by atoms with E-state index in [0.29, 0.717) is 12.5 Å². The van der Waals surface area contributed by atoms with Crippen LogP contribution in [0.1, 0.15) is 25.1 Å². The van der Waals surface area contributed by atoms with Gasteiger partial charge in [-0.25, -0.2) is 4.98 Å². The molecule has 5 heteroatoms. The zero-order valence-electron chi connectivity index (χ0n) is 12.8. The molecule has 1 aromatic heterocycles. The molecule has 1 amide bonds. The van der Waals surface area contributed by atoms with Gasteiger partial charge in [-0.05, 0) is 25.8 Å². The van der Waals surface area contributed by atoms with Crippen molar-refractivity contribution in [3.05, 3.63) is 30.9 Å². The van der Waals surface area contributed by atoms with Crippen LogP contribution in [0.3, 0.4) is 0 Å². The van der Waals surface area contributed by atoms with Gasteiger partial charge in [0.2, 0.25) is 5.91 Å². The highest BCUT2D eigenvalue weighted by Crippen LogP contribution is 2.40. The molecule has 1 atom stereocenters. The van der Waals surface area contributed by atoms with Gasteiger partial charge in [0.25, 0.3) is 0 Å². The van der Waals surface area contributed by atoms with Gasteiger partial charge in [0.15, 0.2) is 0 Å². The minimum Gasteiger partial charge on any atom is -0.338 e. The number of hydrogen-bond donors (Lipinski definition) is 0. The molecule has 0 bridgehead atoms. The Morgan fingerprint density at radius 3 is 3.00 bits per heavy atom. The molecule has 1 aromatic rings. The topological polar surface area (TPSA) is 41.4 Å². The van der Waals surface area contributed by atoms with Gasteiger partial charge in [-0.2, -0.15) is 0 Å². The number of rotatable bonds is 4. The number of carbonyl (C=O) groups is 1. The molecule has 114 valence electrons. The van der Waals surface area contributed by atoms with E-state index in [9.17, 15) is 4.79 Å². The highest BCUT2D eigenvalue weighted by Gasteiger charge is 2.48. The van der Waals surface area contributed by atoms with Gasteiger partial charge in [-0.3, -0.25) is 9.69 Å². The number of hydrogen-bond acceptors (Lipinski definition) is 3. The van der Waals surface area contributed by atoms with E-state index in [2.05, 4.69) is 21.0 Å². The van der Waals surface area contributed by atoms with E-state index in [4.69, 9.17) is 0 Å². The number of carbonyl (C=O) groups excluding carboxylic acids is 1. The molecule has 2 aliphatic rings. The van der Waals surface area contributed by atoms with Gasteiger partial charge in [0, 0.05) is 39.1 Å². The first-order valence-electron chi connectivity index (χ1n) is 7.73. The van der Waals surface area contributed by atoms with Crippen LogP contribution < -0.4 is 0 Å². The molecule has 5 nitrogen and oxygen atoms in total. The Balaban J connectivity index is 1.70. The summed E-state index contributed by atoms with van der Waals surface area (Å²) in [6.07, 6.45) is 8.74. The molecule has 21 heavy (non-hydrogen) atoms. The van der Waals surface area contributed by atoms with Gasteiger partial charge in [0.1, 0.15) is 5.82 Å². The number of imidazole rings is 1. The fourth-order valence-corrected chi connectivity index (χ4v) is 3.71. The van der Waals surface area contributed by atoms with Crippen molar-refractivity contribution in [3.8, 4) is 0 Å². The third-order valence-corrected chi connectivity index (χ3v) is 4.89. The number of nitrogens with zero attached hydrogens (tertiary/aromatic N) is 4. The van der Waals surface area contributed by atoms with Crippen molar-refractivity contribution in [2.45, 2.75) is 25.8 Å². The summed E-state index contributed by atoms with van der Waals surface area (Å²) in [6, 6.07) is 0. The molecule has 3 rings (SSSR count). The van der Waals surface area contributed by atoms with Crippen LogP contribution in [0.25, 0.3) is 0 Å². The Morgan fingerprint density at radius 2 is 2.29 bits per heavy atom. The van der Waals surface area contributed by atoms with Crippen LogP contribution in [0.4, 0.5) is 0 Å². The lowest BCUT2D eigenvalue weighted by Crippen LogP contribution is -2.47. The van der Waals surface area contributed by atoms with E-state index in [0.717, 1.165) is 51.3 Å². The first kappa shape index (κ1) is 14.3. The highest BCUT2D eigenvalue weighted by atomic mass is 16.2. The molecule has 0 saturated carbocycles. The summed E-state index contributed by atoms with van der Waals surface area (Å²) in [5, 5.41) is 0. The lowest BCUT2D eigenvalue weighted by molar-refractivity contribution is -0.138. The van der Waals surface area contributed by atoms with Crippen molar-refractivity contribution in [1.29, 1.82) is 0 Å². The van der Waals surface area contributed by atoms with Crippen molar-refractivity contribution < 1.29 is 4.79 Å². The zero-order chi connectivity index (χ0) is 14.9. The van der Waals surface area contributed by atoms with Crippen molar-refractivity contribution >= 4 is 5.91 Å². The van der Waals surface area contributed by atoms with Crippen molar-refractivity contribution in [3.63, 3.8) is 0 Å². The van der Waals surface area contributed by atoms with E-state index in [-0.39, 0.29) is 5.41 Å². The highest BCUT2D eigenvalue weighted by molar-refractivity contribution is 5.85. The third kappa shape index (κ3) is 2.62. The quantitative estimate of drug-likeness (QED) is 0.787. The maximum absolute atomic E-state index is 12.7. The Hall–Kier alpha value is -1.62. The van der Waals surface area contributed by atoms with Crippen LogP contribution in [0.5, 0.6) is 0 Å². The van der Waals surface area contributed by atoms with Gasteiger partial charge in [-0.15, -0.1) is 6.58 Å². The van der Waals surface area contributed by atoms with Crippen molar-refractivity contribution in [2.75, 3.05) is 26.2 Å². The van der Waals surface area contributed by atoms with Crippen molar-refractivity contribution in [1.82, 2.24) is 19.4 Å². The van der Waals surface area contributed by atoms with Crippen LogP contribution in [0.2, 0.25) is 0 Å². The van der Waals surface area contributed by atoms with Crippen LogP contribution in [-0.4, -0.2) is 51.4 Å². The zero-order valence-corrected chi connectivity index (χ0v) is 12.8. The van der Waals surface area contributed by atoms with E-state index in [1.807, 2.05) is 30.4 Å². The van der Waals surface area contributed by atoms with Crippen LogP contribution >= 0.6 is 0 Å². The van der Waals surface area contributed by atoms with Gasteiger partial charge in [-0.1, -0.05) is 6.08 Å². The van der Waals surface area contributed by atoms with E-state index < -0.39 is 0 Å². The first-order chi connectivity index (χ1) is 10.1. The SMILES string of the molecule is C=CCN1CCC2(CCCN(Cc3nccn3C)C2)C1=O. The Labute approximate surface area is 126 Å². The maximum atomic E-state index is 12.7. The molecule has 1 unspecified atom stereocenters. The second-order valence-electron chi connectivity index (χ2n) is 6.34. The number of aryl methyl sites for hydroxylation is 1. The number of piperidine rings is 1. The molecule has 3 heterocycles. The minimum atomic E-state index is -0.160. The lowest BCUT2D eigenvalue weighted by Gasteiger charge is -2.38. The standard InChI is InChI=1S/C16H24N4O/c1-3-8-20-10-6-16(15(20)21)5-4-9-19(13-16)12-14-17-7-11-18(14)2/h3,7,11H,1,4-6,8-10,12-13H2,2H3. The smallest absolute Gasteiger partial charge is 0.230 e. The fourth-order valence-electron chi connectivity index (χ4n) is 3.71. The first-order valence-corrected chi connectivity index (χ1v) is 7.73. The van der Waals surface area contributed by atoms with E-state index in [1.54, 1.807) is 0 Å². The van der Waals surface area contributed by atoms with Gasteiger partial charge in [0.05, 0.1) is 12.0 Å². The summed E-state index contributed by atoms with van der Waals surface area (Å²) in [7, 11) is 2.02. The summed E-state index contributed by atoms with van der Waals surface area (Å²) in [6.45, 7) is 8.07. The largest absolute Gasteiger partial charge is 0.338 e. The Kier molecular flexibility index (Phi) is 3.85. The molecule has 2 aliphatic heterocycles. The average molecular weight is 288 g/mol. The third-order valence-electron chi connectivity index (χ3n) is 4.89. The molecule has 0 radical (unpaired) electrons. The van der Waals surface area contributed by atoms with Crippen LogP contribution in [-0.2, 0) is 18.4 Å². The molecular weight excluding hydrogens is 264 g/mol. The maximum Gasteiger partial charge on any atom is 0.230 e. The molecular formula is C16H24N4O. The van der Waals surface area contributed by atoms with E-state index >= 15 is 0 Å². The van der Waals surface area contributed by atoms with Crippen LogP contribution in [0, 0.1) is 5.41 Å². The van der Waals surface area contributed by atoms with Gasteiger partial charge >= 0.3 is 0 Å². The average Bonchev–Trinajstić information content (AvgIpc) is 2.99. The molecule has 2 fully saturated rings. The molecule has 2 saturated heterocycles. The predicted molar refractivity (Wildman–Crippen MR) is 81.5 cm³/mol. The summed E-state index contributed by atoms with van der Waals surface area (Å²) >= 11 is 0. The number of aromatic nitrogens is 2. The molecule has 1 spiro atoms. The molecule has 0 aliphatic carbocycles. The monoisotopic (exact) mass is 288 g/mol. The van der Waals surface area contributed by atoms with Gasteiger partial charge < -0.3 is 9.47 Å². The Bertz CT molecular complexity index is 538. The van der Waals surface area contributed by atoms with Crippen LogP contribution in [0.15, 0.2) is 25.0 Å². The molecule has 0 N–H and O–H groups in total. The summed E-state index contributed by atoms with van der Waals surface area (Å²) in [4.78, 5) is 21.5. The van der Waals surface area contributed by atoms with E-state index in [1.165, 1.54) is 0 Å². The fraction of sp³-hybridized carbons (Fsp3) is 0.625. The normalized spacial score (nSPS) is 26.7.